The first-order chi connectivity index (χ1) is 15.3. The summed E-state index contributed by atoms with van der Waals surface area (Å²) in [6, 6.07) is 8.38. The van der Waals surface area contributed by atoms with E-state index in [2.05, 4.69) is 49.8 Å². The fourth-order valence-electron chi connectivity index (χ4n) is 4.73. The molecule has 2 aliphatic heterocycles. The number of nitrogens with one attached hydrogen (secondary N) is 1. The zero-order chi connectivity index (χ0) is 23.8. The van der Waals surface area contributed by atoms with E-state index in [0.29, 0.717) is 5.92 Å². The lowest BCUT2D eigenvalue weighted by atomic mass is 9.79. The van der Waals surface area contributed by atoms with Crippen LogP contribution >= 0.6 is 0 Å². The highest BCUT2D eigenvalue weighted by molar-refractivity contribution is 6.62. The number of likely N-dealkylation sites (tertiary alicyclic amines) is 1. The van der Waals surface area contributed by atoms with Gasteiger partial charge in [-0.05, 0) is 78.3 Å². The van der Waals surface area contributed by atoms with Gasteiger partial charge < -0.3 is 19.0 Å². The lowest BCUT2D eigenvalue weighted by Gasteiger charge is -2.32. The van der Waals surface area contributed by atoms with E-state index in [-0.39, 0.29) is 36.5 Å². The van der Waals surface area contributed by atoms with Crippen molar-refractivity contribution < 1.29 is 18.8 Å². The van der Waals surface area contributed by atoms with Gasteiger partial charge in [-0.15, -0.1) is 0 Å². The Bertz CT molecular complexity index is 1040. The Balaban J connectivity index is 1.32. The predicted octanol–water partition coefficient (Wildman–Crippen LogP) is 4.45. The number of rotatable bonds is 3. The van der Waals surface area contributed by atoms with Crippen LogP contribution in [-0.4, -0.2) is 50.9 Å². The molecule has 1 amide bonds. The minimum Gasteiger partial charge on any atom is -0.444 e. The molecule has 3 atom stereocenters. The average Bonchev–Trinajstić information content (AvgIpc) is 3.07. The third kappa shape index (κ3) is 4.08. The summed E-state index contributed by atoms with van der Waals surface area (Å²) >= 11 is 0. The van der Waals surface area contributed by atoms with E-state index in [1.54, 1.807) is 0 Å². The summed E-state index contributed by atoms with van der Waals surface area (Å²) in [6.45, 7) is 13.9. The van der Waals surface area contributed by atoms with Crippen molar-refractivity contribution in [1.29, 1.82) is 0 Å². The highest BCUT2D eigenvalue weighted by atomic mass is 16.7. The fraction of sp³-hybridized carbons (Fsp3) is 0.600. The number of piperidine rings is 1. The smallest absolute Gasteiger partial charge is 0.444 e. The van der Waals surface area contributed by atoms with Crippen LogP contribution in [0.1, 0.15) is 73.2 Å². The van der Waals surface area contributed by atoms with Crippen LogP contribution in [0.2, 0.25) is 0 Å². The Kier molecular flexibility index (Phi) is 5.00. The standard InChI is InChI=1S/C25H34BN3O4/c1-23(2,3)31-22(30)29-19-12-16(19)13-20(29)21-27-14-18(28-21)15-8-10-17(11-9-15)26-32-24(4,5)25(6,7)33-26/h8-11,14,16,19-20H,12-13H2,1-7H3,(H,27,28). The molecule has 0 bridgehead atoms. The van der Waals surface area contributed by atoms with Gasteiger partial charge in [-0.25, -0.2) is 9.78 Å². The molecule has 0 radical (unpaired) electrons. The summed E-state index contributed by atoms with van der Waals surface area (Å²) in [7, 11) is -0.381. The Morgan fingerprint density at radius 1 is 1.12 bits per heavy atom. The molecule has 8 heteroatoms. The van der Waals surface area contributed by atoms with Crippen LogP contribution in [0.25, 0.3) is 11.3 Å². The second kappa shape index (κ2) is 7.34. The number of benzene rings is 1. The van der Waals surface area contributed by atoms with Gasteiger partial charge in [-0.2, -0.15) is 0 Å². The van der Waals surface area contributed by atoms with Crippen molar-refractivity contribution in [2.24, 2.45) is 5.92 Å². The summed E-state index contributed by atoms with van der Waals surface area (Å²) < 4.78 is 18.0. The molecule has 3 heterocycles. The SMILES string of the molecule is CC(C)(C)OC(=O)N1C(c2ncc(-c3ccc(B4OC(C)(C)C(C)(C)O4)cc3)[nH]2)CC2CC21. The average molecular weight is 451 g/mol. The van der Waals surface area contributed by atoms with Crippen molar-refractivity contribution >= 4 is 18.7 Å². The lowest BCUT2D eigenvalue weighted by Crippen LogP contribution is -2.41. The highest BCUT2D eigenvalue weighted by Gasteiger charge is 2.56. The normalized spacial score (nSPS) is 27.5. The zero-order valence-electron chi connectivity index (χ0n) is 20.6. The molecule has 7 nitrogen and oxygen atoms in total. The number of hydrogen-bond acceptors (Lipinski definition) is 5. The first-order valence-electron chi connectivity index (χ1n) is 11.9. The van der Waals surface area contributed by atoms with E-state index >= 15 is 0 Å². The molecule has 1 N–H and O–H groups in total. The summed E-state index contributed by atoms with van der Waals surface area (Å²) in [4.78, 5) is 22.8. The van der Waals surface area contributed by atoms with E-state index in [0.717, 1.165) is 35.4 Å². The van der Waals surface area contributed by atoms with E-state index in [1.165, 1.54) is 0 Å². The molecule has 5 rings (SSSR count). The maximum Gasteiger partial charge on any atom is 0.494 e. The van der Waals surface area contributed by atoms with Gasteiger partial charge >= 0.3 is 13.2 Å². The molecule has 1 aromatic heterocycles. The zero-order valence-corrected chi connectivity index (χ0v) is 20.6. The number of H-pyrrole nitrogens is 1. The second-order valence-corrected chi connectivity index (χ2v) is 11.6. The molecule has 2 aromatic rings. The Labute approximate surface area is 196 Å². The first kappa shape index (κ1) is 22.5. The molecular weight excluding hydrogens is 417 g/mol. The van der Waals surface area contributed by atoms with E-state index < -0.39 is 5.60 Å². The van der Waals surface area contributed by atoms with Crippen LogP contribution in [0.15, 0.2) is 30.5 Å². The van der Waals surface area contributed by atoms with Gasteiger partial charge in [-0.3, -0.25) is 4.90 Å². The summed E-state index contributed by atoms with van der Waals surface area (Å²) in [5.41, 5.74) is 1.70. The van der Waals surface area contributed by atoms with E-state index in [9.17, 15) is 4.79 Å². The van der Waals surface area contributed by atoms with Gasteiger partial charge in [0.05, 0.1) is 29.1 Å². The first-order valence-corrected chi connectivity index (χ1v) is 11.9. The predicted molar refractivity (Wildman–Crippen MR) is 127 cm³/mol. The van der Waals surface area contributed by atoms with Gasteiger partial charge in [0.2, 0.25) is 0 Å². The number of carbonyl (C=O) groups excluding carboxylic acids is 1. The van der Waals surface area contributed by atoms with Crippen molar-refractivity contribution in [3.05, 3.63) is 36.3 Å². The van der Waals surface area contributed by atoms with Gasteiger partial charge in [0.25, 0.3) is 0 Å². The van der Waals surface area contributed by atoms with E-state index in [4.69, 9.17) is 14.0 Å². The van der Waals surface area contributed by atoms with Crippen molar-refractivity contribution in [3.8, 4) is 11.3 Å². The minimum absolute atomic E-state index is 0.0682. The number of carbonyl (C=O) groups is 1. The van der Waals surface area contributed by atoms with Crippen molar-refractivity contribution in [3.63, 3.8) is 0 Å². The molecular formula is C25H34BN3O4. The topological polar surface area (TPSA) is 76.7 Å². The number of aromatic amines is 1. The number of fused-ring (bicyclic) bond motifs is 1. The van der Waals surface area contributed by atoms with Gasteiger partial charge in [0.1, 0.15) is 11.4 Å². The molecule has 1 aromatic carbocycles. The molecule has 3 aliphatic rings. The molecule has 3 unspecified atom stereocenters. The van der Waals surface area contributed by atoms with Crippen LogP contribution in [0, 0.1) is 5.92 Å². The minimum atomic E-state index is -0.512. The van der Waals surface area contributed by atoms with Crippen molar-refractivity contribution in [2.75, 3.05) is 0 Å². The summed E-state index contributed by atoms with van der Waals surface area (Å²) in [5.74, 6) is 1.37. The quantitative estimate of drug-likeness (QED) is 0.698. The van der Waals surface area contributed by atoms with Gasteiger partial charge in [0.15, 0.2) is 0 Å². The maximum absolute atomic E-state index is 12.9. The van der Waals surface area contributed by atoms with E-state index in [1.807, 2.05) is 44.0 Å². The Hall–Kier alpha value is -2.32. The second-order valence-electron chi connectivity index (χ2n) is 11.6. The molecule has 2 saturated heterocycles. The maximum atomic E-state index is 12.9. The lowest BCUT2D eigenvalue weighted by molar-refractivity contribution is 0.00578. The number of hydrogen-bond donors (Lipinski definition) is 1. The van der Waals surface area contributed by atoms with Crippen LogP contribution in [0.4, 0.5) is 4.79 Å². The van der Waals surface area contributed by atoms with Crippen molar-refractivity contribution in [1.82, 2.24) is 14.9 Å². The molecule has 3 fully saturated rings. The van der Waals surface area contributed by atoms with Crippen LogP contribution in [0.5, 0.6) is 0 Å². The fourth-order valence-corrected chi connectivity index (χ4v) is 4.73. The Morgan fingerprint density at radius 2 is 1.76 bits per heavy atom. The van der Waals surface area contributed by atoms with Gasteiger partial charge in [-0.1, -0.05) is 24.3 Å². The van der Waals surface area contributed by atoms with Crippen molar-refractivity contribution in [2.45, 2.75) is 90.2 Å². The number of amides is 1. The third-order valence-electron chi connectivity index (χ3n) is 7.37. The van der Waals surface area contributed by atoms with Crippen LogP contribution in [0.3, 0.4) is 0 Å². The molecule has 176 valence electrons. The number of nitrogens with zero attached hydrogens (tertiary/aromatic N) is 2. The summed E-state index contributed by atoms with van der Waals surface area (Å²) in [6.07, 6.45) is 3.58. The number of aromatic nitrogens is 2. The van der Waals surface area contributed by atoms with Gasteiger partial charge in [0, 0.05) is 6.04 Å². The number of imidazole rings is 1. The molecule has 33 heavy (non-hydrogen) atoms. The van der Waals surface area contributed by atoms with Crippen LogP contribution in [-0.2, 0) is 14.0 Å². The molecule has 0 spiro atoms. The van der Waals surface area contributed by atoms with Crippen LogP contribution < -0.4 is 5.46 Å². The molecule has 1 saturated carbocycles. The Morgan fingerprint density at radius 3 is 2.36 bits per heavy atom. The third-order valence-corrected chi connectivity index (χ3v) is 7.37. The summed E-state index contributed by atoms with van der Waals surface area (Å²) in [5, 5.41) is 0. The highest BCUT2D eigenvalue weighted by Crippen LogP contribution is 2.53. The number of ether oxygens (including phenoxy) is 1. The monoisotopic (exact) mass is 451 g/mol. The largest absolute Gasteiger partial charge is 0.494 e. The molecule has 1 aliphatic carbocycles.